The third kappa shape index (κ3) is 4.30. The van der Waals surface area contributed by atoms with Crippen LogP contribution in [0.5, 0.6) is 5.75 Å². The average Bonchev–Trinajstić information content (AvgIpc) is 2.54. The first-order valence-corrected chi connectivity index (χ1v) is 8.67. The normalized spacial score (nSPS) is 16.7. The second-order valence-electron chi connectivity index (χ2n) is 6.14. The summed E-state index contributed by atoms with van der Waals surface area (Å²) in [5.74, 6) is 1.00. The van der Waals surface area contributed by atoms with Crippen molar-refractivity contribution in [1.82, 2.24) is 4.90 Å². The zero-order valence-electron chi connectivity index (χ0n) is 14.5. The fourth-order valence-electron chi connectivity index (χ4n) is 2.97. The van der Waals surface area contributed by atoms with Crippen LogP contribution in [0.3, 0.4) is 0 Å². The van der Waals surface area contributed by atoms with Gasteiger partial charge in [0, 0.05) is 18.8 Å². The number of benzene rings is 1. The van der Waals surface area contributed by atoms with Crippen LogP contribution in [-0.4, -0.2) is 43.1 Å². The van der Waals surface area contributed by atoms with Crippen molar-refractivity contribution in [3.05, 3.63) is 18.2 Å². The number of nitrogen functional groups attached to an aromatic ring is 1. The van der Waals surface area contributed by atoms with E-state index in [2.05, 4.69) is 25.7 Å². The maximum atomic E-state index is 12.7. The molecule has 23 heavy (non-hydrogen) atoms. The van der Waals surface area contributed by atoms with Gasteiger partial charge in [0.25, 0.3) is 0 Å². The molecule has 1 unspecified atom stereocenters. The zero-order valence-corrected chi connectivity index (χ0v) is 14.5. The van der Waals surface area contributed by atoms with Crippen LogP contribution in [0, 0.1) is 0 Å². The summed E-state index contributed by atoms with van der Waals surface area (Å²) in [6, 6.07) is 5.65. The van der Waals surface area contributed by atoms with Crippen LogP contribution in [0.15, 0.2) is 18.2 Å². The fourth-order valence-corrected chi connectivity index (χ4v) is 2.97. The molecule has 1 aliphatic heterocycles. The smallest absolute Gasteiger partial charge is 0.242 e. The van der Waals surface area contributed by atoms with Gasteiger partial charge in [0.2, 0.25) is 5.91 Å². The number of rotatable bonds is 7. The van der Waals surface area contributed by atoms with Gasteiger partial charge in [-0.2, -0.15) is 0 Å². The molecule has 0 saturated heterocycles. The summed E-state index contributed by atoms with van der Waals surface area (Å²) >= 11 is 0. The highest BCUT2D eigenvalue weighted by Crippen LogP contribution is 2.35. The van der Waals surface area contributed by atoms with Crippen LogP contribution in [0.4, 0.5) is 11.4 Å². The second kappa shape index (κ2) is 8.09. The van der Waals surface area contributed by atoms with Crippen molar-refractivity contribution in [3.63, 3.8) is 0 Å². The summed E-state index contributed by atoms with van der Waals surface area (Å²) in [6.07, 6.45) is 3.00. The van der Waals surface area contributed by atoms with Gasteiger partial charge in [0.15, 0.2) is 0 Å². The molecule has 0 radical (unpaired) electrons. The zero-order chi connectivity index (χ0) is 16.8. The van der Waals surface area contributed by atoms with Gasteiger partial charge >= 0.3 is 0 Å². The summed E-state index contributed by atoms with van der Waals surface area (Å²) in [5, 5.41) is 0. The van der Waals surface area contributed by atoms with Crippen molar-refractivity contribution in [2.45, 2.75) is 46.1 Å². The Bertz CT molecular complexity index is 527. The molecule has 5 nitrogen and oxygen atoms in total. The summed E-state index contributed by atoms with van der Waals surface area (Å²) in [4.78, 5) is 16.8. The van der Waals surface area contributed by atoms with Gasteiger partial charge in [-0.05, 0) is 37.5 Å². The highest BCUT2D eigenvalue weighted by molar-refractivity contribution is 5.83. The number of nitrogens with zero attached hydrogens (tertiary/aromatic N) is 2. The average molecular weight is 319 g/mol. The molecule has 128 valence electrons. The van der Waals surface area contributed by atoms with Crippen molar-refractivity contribution in [3.8, 4) is 5.75 Å². The number of carbonyl (C=O) groups is 1. The highest BCUT2D eigenvalue weighted by atomic mass is 16.5. The Balaban J connectivity index is 2.17. The van der Waals surface area contributed by atoms with Crippen LogP contribution < -0.4 is 15.4 Å². The Kier molecular flexibility index (Phi) is 6.13. The number of carbonyl (C=O) groups excluding carboxylic acids is 1. The predicted octanol–water partition coefficient (Wildman–Crippen LogP) is 2.89. The van der Waals surface area contributed by atoms with Crippen LogP contribution >= 0.6 is 0 Å². The van der Waals surface area contributed by atoms with Gasteiger partial charge in [-0.15, -0.1) is 0 Å². The number of ether oxygens (including phenoxy) is 1. The quantitative estimate of drug-likeness (QED) is 0.785. The molecule has 1 heterocycles. The third-order valence-corrected chi connectivity index (χ3v) is 4.16. The van der Waals surface area contributed by atoms with Gasteiger partial charge < -0.3 is 20.3 Å². The van der Waals surface area contributed by atoms with E-state index < -0.39 is 0 Å². The number of hydrogen-bond donors (Lipinski definition) is 1. The lowest BCUT2D eigenvalue weighted by Gasteiger charge is -2.37. The van der Waals surface area contributed by atoms with Gasteiger partial charge in [-0.25, -0.2) is 0 Å². The topological polar surface area (TPSA) is 58.8 Å². The highest BCUT2D eigenvalue weighted by Gasteiger charge is 2.27. The van der Waals surface area contributed by atoms with E-state index >= 15 is 0 Å². The van der Waals surface area contributed by atoms with E-state index in [9.17, 15) is 4.79 Å². The summed E-state index contributed by atoms with van der Waals surface area (Å²) in [7, 11) is 0. The van der Waals surface area contributed by atoms with E-state index in [1.807, 2.05) is 23.1 Å². The van der Waals surface area contributed by atoms with Gasteiger partial charge in [0.1, 0.15) is 11.9 Å². The van der Waals surface area contributed by atoms with Crippen molar-refractivity contribution in [1.29, 1.82) is 0 Å². The molecule has 1 aliphatic rings. The first-order valence-electron chi connectivity index (χ1n) is 8.67. The lowest BCUT2D eigenvalue weighted by atomic mass is 10.1. The Morgan fingerprint density at radius 3 is 2.61 bits per heavy atom. The van der Waals surface area contributed by atoms with Crippen LogP contribution in [0.2, 0.25) is 0 Å². The van der Waals surface area contributed by atoms with Crippen molar-refractivity contribution in [2.24, 2.45) is 0 Å². The predicted molar refractivity (Wildman–Crippen MR) is 94.9 cm³/mol. The molecule has 1 aromatic rings. The minimum atomic E-state index is 0.115. The summed E-state index contributed by atoms with van der Waals surface area (Å²) in [6.45, 7) is 9.06. The van der Waals surface area contributed by atoms with Gasteiger partial charge in [-0.3, -0.25) is 4.79 Å². The molecule has 0 saturated carbocycles. The molecule has 5 heteroatoms. The molecule has 1 atom stereocenters. The first-order chi connectivity index (χ1) is 11.1. The summed E-state index contributed by atoms with van der Waals surface area (Å²) < 4.78 is 5.98. The molecule has 2 N–H and O–H groups in total. The molecule has 1 aromatic carbocycles. The molecule has 0 aromatic heterocycles. The maximum Gasteiger partial charge on any atom is 0.242 e. The first kappa shape index (κ1) is 17.4. The Morgan fingerprint density at radius 2 is 2.00 bits per heavy atom. The van der Waals surface area contributed by atoms with E-state index in [-0.39, 0.29) is 12.0 Å². The van der Waals surface area contributed by atoms with Crippen molar-refractivity contribution < 1.29 is 9.53 Å². The van der Waals surface area contributed by atoms with Gasteiger partial charge in [-0.1, -0.05) is 20.8 Å². The van der Waals surface area contributed by atoms with E-state index in [1.54, 1.807) is 0 Å². The molecule has 0 fully saturated rings. The number of hydrogen-bond acceptors (Lipinski definition) is 4. The minimum Gasteiger partial charge on any atom is -0.486 e. The standard InChI is InChI=1S/C18H29N3O2/c1-4-9-20(10-5-2)18(22)13-21-12-15(6-3)23-17-8-7-14(19)11-16(17)21/h7-8,11,15H,4-6,9-10,12-13,19H2,1-3H3. The second-order valence-corrected chi connectivity index (χ2v) is 6.14. The molecule has 0 aliphatic carbocycles. The number of amides is 1. The van der Waals surface area contributed by atoms with E-state index in [4.69, 9.17) is 10.5 Å². The number of nitrogens with two attached hydrogens (primary N) is 1. The monoisotopic (exact) mass is 319 g/mol. The SMILES string of the molecule is CCCN(CCC)C(=O)CN1CC(CC)Oc2ccc(N)cc21. The lowest BCUT2D eigenvalue weighted by molar-refractivity contribution is -0.129. The number of fused-ring (bicyclic) bond motifs is 1. The largest absolute Gasteiger partial charge is 0.486 e. The van der Waals surface area contributed by atoms with Crippen molar-refractivity contribution in [2.75, 3.05) is 36.8 Å². The maximum absolute atomic E-state index is 12.7. The lowest BCUT2D eigenvalue weighted by Crippen LogP contribution is -2.46. The minimum absolute atomic E-state index is 0.115. The molecule has 1 amide bonds. The molecular weight excluding hydrogens is 290 g/mol. The Morgan fingerprint density at radius 1 is 1.30 bits per heavy atom. The number of anilines is 2. The van der Waals surface area contributed by atoms with Crippen LogP contribution in [-0.2, 0) is 4.79 Å². The third-order valence-electron chi connectivity index (χ3n) is 4.16. The van der Waals surface area contributed by atoms with E-state index in [1.165, 1.54) is 0 Å². The molecule has 2 rings (SSSR count). The Labute approximate surface area is 139 Å². The molecule has 0 spiro atoms. The van der Waals surface area contributed by atoms with E-state index in [0.29, 0.717) is 12.2 Å². The molecule has 0 bridgehead atoms. The molecular formula is C18H29N3O2. The fraction of sp³-hybridized carbons (Fsp3) is 0.611. The van der Waals surface area contributed by atoms with E-state index in [0.717, 1.165) is 50.3 Å². The van der Waals surface area contributed by atoms with Crippen molar-refractivity contribution >= 4 is 17.3 Å². The van der Waals surface area contributed by atoms with Crippen LogP contribution in [0.1, 0.15) is 40.0 Å². The Hall–Kier alpha value is -1.91. The van der Waals surface area contributed by atoms with Gasteiger partial charge in [0.05, 0.1) is 18.8 Å². The van der Waals surface area contributed by atoms with Crippen LogP contribution in [0.25, 0.3) is 0 Å². The summed E-state index contributed by atoms with van der Waals surface area (Å²) in [5.41, 5.74) is 7.54.